The molecule has 0 radical (unpaired) electrons. The lowest BCUT2D eigenvalue weighted by Gasteiger charge is -2.06. The number of hydrogen-bond donors (Lipinski definition) is 0. The van der Waals surface area contributed by atoms with Gasteiger partial charge in [-0.05, 0) is 17.7 Å². The Kier molecular flexibility index (Phi) is 3.34. The molecule has 0 aliphatic rings. The summed E-state index contributed by atoms with van der Waals surface area (Å²) in [6.45, 7) is -0.747. The molecule has 14 heavy (non-hydrogen) atoms. The molecule has 0 amide bonds. The monoisotopic (exact) mass is 238 g/mol. The van der Waals surface area contributed by atoms with E-state index in [-0.39, 0.29) is 16.2 Å². The average Bonchev–Trinajstić information content (AvgIpc) is 2.15. The van der Waals surface area contributed by atoms with Gasteiger partial charge in [0.05, 0.1) is 7.11 Å². The fourth-order valence-corrected chi connectivity index (χ4v) is 2.04. The molecule has 1 aromatic rings. The molecule has 0 aromatic heterocycles. The topological polar surface area (TPSA) is 43.4 Å². The number of methoxy groups -OCH3 is 1. The summed E-state index contributed by atoms with van der Waals surface area (Å²) < 4.78 is 39.1. The number of ether oxygens (including phenoxy) is 1. The Morgan fingerprint density at radius 3 is 2.57 bits per heavy atom. The molecule has 0 aliphatic carbocycles. The summed E-state index contributed by atoms with van der Waals surface area (Å²) in [5, 5.41) is 0. The Bertz CT molecular complexity index is 430. The number of benzene rings is 1. The van der Waals surface area contributed by atoms with E-state index in [0.717, 1.165) is 6.07 Å². The quantitative estimate of drug-likeness (QED) is 0.758. The van der Waals surface area contributed by atoms with Crippen LogP contribution in [0.15, 0.2) is 23.1 Å². The molecule has 0 N–H and O–H groups in total. The highest BCUT2D eigenvalue weighted by atomic mass is 35.7. The third-order valence-corrected chi connectivity index (χ3v) is 2.99. The standard InChI is InChI=1S/C8H8ClFO3S/c1-13-7-3-2-6(5-10)4-8(7)14(9,11)12/h2-4H,5H2,1H3. The van der Waals surface area contributed by atoms with E-state index < -0.39 is 15.7 Å². The SMILES string of the molecule is COc1ccc(CF)cc1S(=O)(=O)Cl. The first kappa shape index (κ1) is 11.3. The Balaban J connectivity index is 3.37. The first-order chi connectivity index (χ1) is 6.49. The predicted octanol–water partition coefficient (Wildman–Crippen LogP) is 2.09. The summed E-state index contributed by atoms with van der Waals surface area (Å²) in [6, 6.07) is 3.95. The molecule has 3 nitrogen and oxygen atoms in total. The Labute approximate surface area is 85.9 Å². The van der Waals surface area contributed by atoms with Gasteiger partial charge in [-0.1, -0.05) is 6.07 Å². The predicted molar refractivity (Wildman–Crippen MR) is 50.8 cm³/mol. The number of halogens is 2. The van der Waals surface area contributed by atoms with Crippen molar-refractivity contribution in [2.75, 3.05) is 7.11 Å². The lowest BCUT2D eigenvalue weighted by Crippen LogP contribution is -1.97. The molecular formula is C8H8ClFO3S. The maximum atomic E-state index is 12.3. The zero-order valence-electron chi connectivity index (χ0n) is 7.33. The van der Waals surface area contributed by atoms with Gasteiger partial charge in [-0.2, -0.15) is 0 Å². The number of alkyl halides is 1. The maximum absolute atomic E-state index is 12.3. The van der Waals surface area contributed by atoms with E-state index in [1.807, 2.05) is 0 Å². The van der Waals surface area contributed by atoms with E-state index >= 15 is 0 Å². The molecule has 0 saturated carbocycles. The van der Waals surface area contributed by atoms with Gasteiger partial charge in [0.1, 0.15) is 17.3 Å². The molecular weight excluding hydrogens is 231 g/mol. The van der Waals surface area contributed by atoms with Gasteiger partial charge in [0, 0.05) is 10.7 Å². The van der Waals surface area contributed by atoms with Crippen molar-refractivity contribution >= 4 is 19.7 Å². The lowest BCUT2D eigenvalue weighted by molar-refractivity contribution is 0.402. The summed E-state index contributed by atoms with van der Waals surface area (Å²) in [5.41, 5.74) is 0.241. The minimum absolute atomic E-state index is 0.109. The van der Waals surface area contributed by atoms with Crippen LogP contribution in [0.4, 0.5) is 4.39 Å². The van der Waals surface area contributed by atoms with Crippen LogP contribution in [0, 0.1) is 0 Å². The number of hydrogen-bond acceptors (Lipinski definition) is 3. The second-order valence-electron chi connectivity index (χ2n) is 2.56. The Morgan fingerprint density at radius 2 is 2.14 bits per heavy atom. The molecule has 78 valence electrons. The minimum atomic E-state index is -3.90. The molecule has 0 saturated heterocycles. The van der Waals surface area contributed by atoms with Crippen molar-refractivity contribution in [2.45, 2.75) is 11.6 Å². The van der Waals surface area contributed by atoms with Crippen LogP contribution in [-0.2, 0) is 15.7 Å². The number of rotatable bonds is 3. The van der Waals surface area contributed by atoms with E-state index in [9.17, 15) is 12.8 Å². The van der Waals surface area contributed by atoms with Crippen molar-refractivity contribution in [3.05, 3.63) is 23.8 Å². The smallest absolute Gasteiger partial charge is 0.264 e. The summed E-state index contributed by atoms with van der Waals surface area (Å²) in [5.74, 6) is 0.109. The summed E-state index contributed by atoms with van der Waals surface area (Å²) in [6.07, 6.45) is 0. The van der Waals surface area contributed by atoms with Crippen molar-refractivity contribution in [3.63, 3.8) is 0 Å². The molecule has 0 fully saturated rings. The molecule has 0 spiro atoms. The normalized spacial score (nSPS) is 11.4. The Morgan fingerprint density at radius 1 is 1.50 bits per heavy atom. The highest BCUT2D eigenvalue weighted by Crippen LogP contribution is 2.27. The largest absolute Gasteiger partial charge is 0.495 e. The third-order valence-electron chi connectivity index (χ3n) is 1.65. The first-order valence-electron chi connectivity index (χ1n) is 3.66. The first-order valence-corrected chi connectivity index (χ1v) is 5.97. The van der Waals surface area contributed by atoms with Crippen LogP contribution in [-0.4, -0.2) is 15.5 Å². The van der Waals surface area contributed by atoms with Crippen molar-refractivity contribution in [1.82, 2.24) is 0 Å². The zero-order chi connectivity index (χ0) is 10.8. The molecule has 0 aliphatic heterocycles. The zero-order valence-corrected chi connectivity index (χ0v) is 8.90. The van der Waals surface area contributed by atoms with Crippen LogP contribution in [0.3, 0.4) is 0 Å². The summed E-state index contributed by atoms with van der Waals surface area (Å²) >= 11 is 0. The second-order valence-corrected chi connectivity index (χ2v) is 5.09. The lowest BCUT2D eigenvalue weighted by atomic mass is 10.2. The van der Waals surface area contributed by atoms with Gasteiger partial charge in [0.15, 0.2) is 0 Å². The molecule has 0 bridgehead atoms. The van der Waals surface area contributed by atoms with Crippen LogP contribution in [0.25, 0.3) is 0 Å². The molecule has 1 aromatic carbocycles. The molecule has 0 unspecified atom stereocenters. The molecule has 6 heteroatoms. The van der Waals surface area contributed by atoms with Crippen molar-refractivity contribution in [2.24, 2.45) is 0 Å². The van der Waals surface area contributed by atoms with E-state index in [1.165, 1.54) is 19.2 Å². The van der Waals surface area contributed by atoms with Gasteiger partial charge >= 0.3 is 0 Å². The van der Waals surface area contributed by atoms with Crippen molar-refractivity contribution < 1.29 is 17.5 Å². The van der Waals surface area contributed by atoms with Gasteiger partial charge < -0.3 is 4.74 Å². The van der Waals surface area contributed by atoms with Crippen molar-refractivity contribution in [3.8, 4) is 5.75 Å². The van der Waals surface area contributed by atoms with Crippen LogP contribution < -0.4 is 4.74 Å². The summed E-state index contributed by atoms with van der Waals surface area (Å²) in [4.78, 5) is -0.211. The average molecular weight is 239 g/mol. The molecule has 0 atom stereocenters. The minimum Gasteiger partial charge on any atom is -0.495 e. The summed E-state index contributed by atoms with van der Waals surface area (Å²) in [7, 11) is 2.56. The van der Waals surface area contributed by atoms with Crippen LogP contribution in [0.5, 0.6) is 5.75 Å². The van der Waals surface area contributed by atoms with Crippen LogP contribution in [0.1, 0.15) is 5.56 Å². The van der Waals surface area contributed by atoms with Gasteiger partial charge in [-0.3, -0.25) is 0 Å². The van der Waals surface area contributed by atoms with E-state index in [2.05, 4.69) is 0 Å². The van der Waals surface area contributed by atoms with E-state index in [4.69, 9.17) is 15.4 Å². The van der Waals surface area contributed by atoms with E-state index in [0.29, 0.717) is 0 Å². The van der Waals surface area contributed by atoms with Gasteiger partial charge in [0.2, 0.25) is 0 Å². The fourth-order valence-electron chi connectivity index (χ4n) is 0.995. The molecule has 1 rings (SSSR count). The second kappa shape index (κ2) is 4.14. The molecule has 0 heterocycles. The van der Waals surface area contributed by atoms with Crippen LogP contribution in [0.2, 0.25) is 0 Å². The highest BCUT2D eigenvalue weighted by Gasteiger charge is 2.16. The van der Waals surface area contributed by atoms with Crippen molar-refractivity contribution in [1.29, 1.82) is 0 Å². The fraction of sp³-hybridized carbons (Fsp3) is 0.250. The third kappa shape index (κ3) is 2.36. The van der Waals surface area contributed by atoms with Gasteiger partial charge in [-0.25, -0.2) is 12.8 Å². The Hall–Kier alpha value is -0.810. The maximum Gasteiger partial charge on any atom is 0.264 e. The highest BCUT2D eigenvalue weighted by molar-refractivity contribution is 8.13. The van der Waals surface area contributed by atoms with Crippen LogP contribution >= 0.6 is 10.7 Å². The van der Waals surface area contributed by atoms with E-state index in [1.54, 1.807) is 0 Å². The van der Waals surface area contributed by atoms with Gasteiger partial charge in [0.25, 0.3) is 9.05 Å². The van der Waals surface area contributed by atoms with Gasteiger partial charge in [-0.15, -0.1) is 0 Å².